The van der Waals surface area contributed by atoms with Gasteiger partial charge in [0, 0.05) is 32.7 Å². The quantitative estimate of drug-likeness (QED) is 0.350. The zero-order valence-corrected chi connectivity index (χ0v) is 21.2. The van der Waals surface area contributed by atoms with Crippen LogP contribution in [0.15, 0.2) is 29.3 Å². The lowest BCUT2D eigenvalue weighted by molar-refractivity contribution is -0.0841. The van der Waals surface area contributed by atoms with E-state index in [-0.39, 0.29) is 53.5 Å². The maximum Gasteiger partial charge on any atom is 0.193 e. The van der Waals surface area contributed by atoms with Gasteiger partial charge < -0.3 is 19.7 Å². The Kier molecular flexibility index (Phi) is 9.36. The zero-order valence-electron chi connectivity index (χ0n) is 18.9. The molecule has 2 fully saturated rings. The monoisotopic (exact) mass is 533 g/mol. The normalized spacial score (nSPS) is 28.1. The van der Waals surface area contributed by atoms with Gasteiger partial charge in [-0.2, -0.15) is 0 Å². The van der Waals surface area contributed by atoms with Gasteiger partial charge in [0.1, 0.15) is 11.9 Å². The van der Waals surface area contributed by atoms with Crippen LogP contribution < -0.4 is 5.32 Å². The molecular formula is C23H37FIN3O2. The molecule has 0 aromatic heterocycles. The van der Waals surface area contributed by atoms with Gasteiger partial charge in [0.05, 0.1) is 18.8 Å². The highest BCUT2D eigenvalue weighted by atomic mass is 127. The van der Waals surface area contributed by atoms with Crippen molar-refractivity contribution in [1.29, 1.82) is 0 Å². The summed E-state index contributed by atoms with van der Waals surface area (Å²) in [5.41, 5.74) is 1.11. The number of hydrogen-bond acceptors (Lipinski definition) is 3. The molecule has 1 aromatic carbocycles. The molecule has 30 heavy (non-hydrogen) atoms. The molecular weight excluding hydrogens is 496 g/mol. The first-order valence-corrected chi connectivity index (χ1v) is 10.8. The van der Waals surface area contributed by atoms with Crippen molar-refractivity contribution in [3.8, 4) is 0 Å². The second kappa shape index (κ2) is 11.1. The third-order valence-electron chi connectivity index (χ3n) is 5.83. The van der Waals surface area contributed by atoms with E-state index in [1.807, 2.05) is 7.05 Å². The summed E-state index contributed by atoms with van der Waals surface area (Å²) in [4.78, 5) is 6.78. The number of hydrogen-bond donors (Lipinski definition) is 1. The van der Waals surface area contributed by atoms with Crippen molar-refractivity contribution in [3.63, 3.8) is 0 Å². The third kappa shape index (κ3) is 6.53. The Balaban J connectivity index is 0.00000320. The van der Waals surface area contributed by atoms with E-state index in [1.165, 1.54) is 18.6 Å². The molecule has 170 valence electrons. The van der Waals surface area contributed by atoms with Crippen molar-refractivity contribution in [2.45, 2.75) is 58.8 Å². The summed E-state index contributed by atoms with van der Waals surface area (Å²) in [6, 6.07) is 6.59. The highest BCUT2D eigenvalue weighted by molar-refractivity contribution is 14.0. The Labute approximate surface area is 197 Å². The Hall–Kier alpha value is -0.930. The first-order valence-electron chi connectivity index (χ1n) is 10.8. The Morgan fingerprint density at radius 3 is 2.57 bits per heavy atom. The molecule has 1 N–H and O–H groups in total. The van der Waals surface area contributed by atoms with Crippen molar-refractivity contribution in [1.82, 2.24) is 10.2 Å². The van der Waals surface area contributed by atoms with Crippen LogP contribution in [0.1, 0.15) is 52.2 Å². The summed E-state index contributed by atoms with van der Waals surface area (Å²) in [7, 11) is 1.83. The number of nitrogens with zero attached hydrogens (tertiary/aromatic N) is 2. The van der Waals surface area contributed by atoms with Gasteiger partial charge in [-0.1, -0.05) is 32.9 Å². The van der Waals surface area contributed by atoms with Gasteiger partial charge in [-0.05, 0) is 42.9 Å². The summed E-state index contributed by atoms with van der Waals surface area (Å²) in [5.74, 6) is 1.13. The predicted octanol–water partition coefficient (Wildman–Crippen LogP) is 4.62. The van der Waals surface area contributed by atoms with E-state index in [0.29, 0.717) is 12.5 Å². The minimum atomic E-state index is -0.227. The smallest absolute Gasteiger partial charge is 0.193 e. The maximum absolute atomic E-state index is 13.3. The van der Waals surface area contributed by atoms with Crippen molar-refractivity contribution in [3.05, 3.63) is 35.6 Å². The van der Waals surface area contributed by atoms with E-state index in [1.54, 1.807) is 12.1 Å². The molecule has 0 spiro atoms. The minimum absolute atomic E-state index is 0. The number of guanidine groups is 1. The van der Waals surface area contributed by atoms with Crippen LogP contribution >= 0.6 is 24.0 Å². The van der Waals surface area contributed by atoms with Gasteiger partial charge in [0.2, 0.25) is 0 Å². The highest BCUT2D eigenvalue weighted by Crippen LogP contribution is 2.34. The van der Waals surface area contributed by atoms with Crippen LogP contribution in [0.5, 0.6) is 0 Å². The molecule has 0 amide bonds. The molecule has 0 saturated carbocycles. The number of halogens is 2. The molecule has 2 heterocycles. The van der Waals surface area contributed by atoms with Crippen LogP contribution in [-0.2, 0) is 9.47 Å². The molecule has 3 rings (SSSR count). The van der Waals surface area contributed by atoms with E-state index in [0.717, 1.165) is 37.6 Å². The molecule has 5 nitrogen and oxygen atoms in total. The van der Waals surface area contributed by atoms with Crippen molar-refractivity contribution in [2.24, 2.45) is 16.3 Å². The van der Waals surface area contributed by atoms with Gasteiger partial charge >= 0.3 is 0 Å². The average Bonchev–Trinajstić information content (AvgIpc) is 2.68. The minimum Gasteiger partial charge on any atom is -0.377 e. The van der Waals surface area contributed by atoms with Gasteiger partial charge in [0.25, 0.3) is 0 Å². The number of benzene rings is 1. The summed E-state index contributed by atoms with van der Waals surface area (Å²) >= 11 is 0. The molecule has 4 atom stereocenters. The standard InChI is InChI=1S/C23H36FN3O2.HI/c1-16-14-27(15-20(29-16)17-8-10-19(24)11-9-17)22(25-5)26-13-18-7-6-12-28-21(18)23(2,3)4;/h8-11,16,18,20-21H,6-7,12-15H2,1-5H3,(H,25,26);1H. The number of ether oxygens (including phenoxy) is 2. The summed E-state index contributed by atoms with van der Waals surface area (Å²) in [6.07, 6.45) is 2.50. The summed E-state index contributed by atoms with van der Waals surface area (Å²) in [6.45, 7) is 12.0. The van der Waals surface area contributed by atoms with Gasteiger partial charge in [-0.25, -0.2) is 4.39 Å². The fourth-order valence-electron chi connectivity index (χ4n) is 4.55. The number of morpholine rings is 1. The second-order valence-corrected chi connectivity index (χ2v) is 9.38. The van der Waals surface area contributed by atoms with Gasteiger partial charge in [-0.15, -0.1) is 24.0 Å². The van der Waals surface area contributed by atoms with Crippen LogP contribution in [0.3, 0.4) is 0 Å². The van der Waals surface area contributed by atoms with Crippen molar-refractivity contribution >= 4 is 29.9 Å². The molecule has 4 unspecified atom stereocenters. The third-order valence-corrected chi connectivity index (χ3v) is 5.83. The number of nitrogens with one attached hydrogen (secondary N) is 1. The molecule has 0 bridgehead atoms. The fraction of sp³-hybridized carbons (Fsp3) is 0.696. The van der Waals surface area contributed by atoms with Crippen molar-refractivity contribution < 1.29 is 13.9 Å². The molecule has 1 aromatic rings. The highest BCUT2D eigenvalue weighted by Gasteiger charge is 2.36. The van der Waals surface area contributed by atoms with Crippen LogP contribution in [0.25, 0.3) is 0 Å². The topological polar surface area (TPSA) is 46.1 Å². The predicted molar refractivity (Wildman–Crippen MR) is 130 cm³/mol. The molecule has 2 saturated heterocycles. The molecule has 7 heteroatoms. The first-order chi connectivity index (χ1) is 13.8. The van der Waals surface area contributed by atoms with E-state index >= 15 is 0 Å². The number of aliphatic imine (C=N–C) groups is 1. The largest absolute Gasteiger partial charge is 0.377 e. The SMILES string of the molecule is CN=C(NCC1CCCOC1C(C)(C)C)N1CC(C)OC(c2ccc(F)cc2)C1.I. The molecule has 0 aliphatic carbocycles. The molecule has 0 radical (unpaired) electrons. The molecule has 2 aliphatic heterocycles. The lowest BCUT2D eigenvalue weighted by Gasteiger charge is -2.42. The van der Waals surface area contributed by atoms with E-state index in [2.05, 4.69) is 42.9 Å². The van der Waals surface area contributed by atoms with Crippen LogP contribution in [0.2, 0.25) is 0 Å². The van der Waals surface area contributed by atoms with E-state index < -0.39 is 0 Å². The van der Waals surface area contributed by atoms with E-state index in [9.17, 15) is 4.39 Å². The first kappa shape index (κ1) is 25.3. The summed E-state index contributed by atoms with van der Waals surface area (Å²) in [5, 5.41) is 3.59. The Bertz CT molecular complexity index is 693. The Morgan fingerprint density at radius 1 is 1.23 bits per heavy atom. The maximum atomic E-state index is 13.3. The van der Waals surface area contributed by atoms with Crippen LogP contribution in [0, 0.1) is 17.2 Å². The zero-order chi connectivity index (χ0) is 21.0. The number of rotatable bonds is 3. The summed E-state index contributed by atoms with van der Waals surface area (Å²) < 4.78 is 25.5. The fourth-order valence-corrected chi connectivity index (χ4v) is 4.55. The molecule has 2 aliphatic rings. The van der Waals surface area contributed by atoms with Gasteiger partial charge in [0.15, 0.2) is 5.96 Å². The Morgan fingerprint density at radius 2 is 1.93 bits per heavy atom. The van der Waals surface area contributed by atoms with Crippen LogP contribution in [-0.4, -0.2) is 56.4 Å². The van der Waals surface area contributed by atoms with Crippen molar-refractivity contribution in [2.75, 3.05) is 33.3 Å². The lowest BCUT2D eigenvalue weighted by atomic mass is 9.78. The lowest BCUT2D eigenvalue weighted by Crippen LogP contribution is -2.53. The van der Waals surface area contributed by atoms with E-state index in [4.69, 9.17) is 9.47 Å². The average molecular weight is 533 g/mol. The van der Waals surface area contributed by atoms with Gasteiger partial charge in [-0.3, -0.25) is 4.99 Å². The second-order valence-electron chi connectivity index (χ2n) is 9.38. The van der Waals surface area contributed by atoms with Crippen LogP contribution in [0.4, 0.5) is 4.39 Å².